The molecule has 0 spiro atoms. The van der Waals surface area contributed by atoms with Crippen molar-refractivity contribution < 1.29 is 26.7 Å². The van der Waals surface area contributed by atoms with Crippen LogP contribution in [0.2, 0.25) is 0 Å². The first-order chi connectivity index (χ1) is 14.2. The minimum atomic E-state index is -4.54. The third-order valence-corrected chi connectivity index (χ3v) is 4.78. The van der Waals surface area contributed by atoms with Crippen molar-refractivity contribution in [1.82, 2.24) is 0 Å². The van der Waals surface area contributed by atoms with Crippen molar-refractivity contribution in [3.63, 3.8) is 0 Å². The van der Waals surface area contributed by atoms with Crippen LogP contribution in [0, 0.1) is 0 Å². The number of carbonyl (C=O) groups is 1. The largest absolute Gasteiger partial charge is 0.416 e. The number of carbonyl (C=O) groups excluding carboxylic acids is 1. The number of anilines is 3. The second-order valence-corrected chi connectivity index (χ2v) is 7.11. The summed E-state index contributed by atoms with van der Waals surface area (Å²) < 4.78 is 64.2. The molecular formula is C21H15F5N2OS. The van der Waals surface area contributed by atoms with Gasteiger partial charge in [-0.15, -0.1) is 0 Å². The summed E-state index contributed by atoms with van der Waals surface area (Å²) in [5.41, 5.74) is -0.0545. The Kier molecular flexibility index (Phi) is 6.61. The second kappa shape index (κ2) is 9.17. The summed E-state index contributed by atoms with van der Waals surface area (Å²) >= 11 is 0.362. The molecule has 30 heavy (non-hydrogen) atoms. The minimum Gasteiger partial charge on any atom is -0.354 e. The lowest BCUT2D eigenvalue weighted by Gasteiger charge is -2.15. The second-order valence-electron chi connectivity index (χ2n) is 6.08. The monoisotopic (exact) mass is 438 g/mol. The molecular weight excluding hydrogens is 423 g/mol. The molecule has 1 amide bonds. The Morgan fingerprint density at radius 1 is 0.867 bits per heavy atom. The lowest BCUT2D eigenvalue weighted by Crippen LogP contribution is -2.15. The van der Waals surface area contributed by atoms with Gasteiger partial charge in [0.25, 0.3) is 11.7 Å². The molecule has 3 aromatic rings. The number of rotatable bonds is 6. The molecule has 0 atom stereocenters. The number of thioether (sulfide) groups is 1. The van der Waals surface area contributed by atoms with Crippen LogP contribution in [0.5, 0.6) is 0 Å². The van der Waals surface area contributed by atoms with Gasteiger partial charge in [0.15, 0.2) is 0 Å². The SMILES string of the molecule is O=C(Nc1cccc(C(F)(F)F)c1)c1ccccc1Nc1ccccc1SC(F)F. The number of benzene rings is 3. The molecule has 0 aliphatic carbocycles. The Balaban J connectivity index is 1.85. The van der Waals surface area contributed by atoms with E-state index in [1.807, 2.05) is 0 Å². The summed E-state index contributed by atoms with van der Waals surface area (Å²) in [6.07, 6.45) is -4.54. The summed E-state index contributed by atoms with van der Waals surface area (Å²) in [6.45, 7) is 0. The maximum absolute atomic E-state index is 12.9. The van der Waals surface area contributed by atoms with Crippen molar-refractivity contribution in [2.45, 2.75) is 16.8 Å². The molecule has 3 aromatic carbocycles. The van der Waals surface area contributed by atoms with E-state index < -0.39 is 23.4 Å². The molecule has 0 aromatic heterocycles. The molecule has 0 unspecified atom stereocenters. The molecule has 9 heteroatoms. The Bertz CT molecular complexity index is 1040. The number of alkyl halides is 5. The molecule has 3 rings (SSSR count). The van der Waals surface area contributed by atoms with Crippen LogP contribution in [0.25, 0.3) is 0 Å². The molecule has 0 bridgehead atoms. The predicted octanol–water partition coefficient (Wildman–Crippen LogP) is 7.02. The summed E-state index contributed by atoms with van der Waals surface area (Å²) in [5, 5.41) is 5.39. The van der Waals surface area contributed by atoms with Gasteiger partial charge in [-0.1, -0.05) is 42.1 Å². The third-order valence-electron chi connectivity index (χ3n) is 3.99. The molecule has 0 radical (unpaired) electrons. The minimum absolute atomic E-state index is 0.0155. The van der Waals surface area contributed by atoms with Crippen LogP contribution < -0.4 is 10.6 Å². The number of hydrogen-bond donors (Lipinski definition) is 2. The predicted molar refractivity (Wildman–Crippen MR) is 107 cm³/mol. The summed E-state index contributed by atoms with van der Waals surface area (Å²) in [6, 6.07) is 16.9. The smallest absolute Gasteiger partial charge is 0.354 e. The first-order valence-electron chi connectivity index (χ1n) is 8.62. The lowest BCUT2D eigenvalue weighted by molar-refractivity contribution is -0.137. The highest BCUT2D eigenvalue weighted by Gasteiger charge is 2.30. The van der Waals surface area contributed by atoms with E-state index in [1.165, 1.54) is 24.3 Å². The van der Waals surface area contributed by atoms with Gasteiger partial charge in [0.2, 0.25) is 0 Å². The number of nitrogens with one attached hydrogen (secondary N) is 2. The maximum atomic E-state index is 12.9. The number of para-hydroxylation sites is 2. The van der Waals surface area contributed by atoms with Gasteiger partial charge in [-0.3, -0.25) is 4.79 Å². The van der Waals surface area contributed by atoms with E-state index >= 15 is 0 Å². The van der Waals surface area contributed by atoms with E-state index in [-0.39, 0.29) is 11.3 Å². The first-order valence-corrected chi connectivity index (χ1v) is 9.50. The Labute approximate surface area is 173 Å². The Morgan fingerprint density at radius 3 is 2.23 bits per heavy atom. The Hall–Kier alpha value is -3.07. The summed E-state index contributed by atoms with van der Waals surface area (Å²) in [4.78, 5) is 13.0. The van der Waals surface area contributed by atoms with E-state index in [0.717, 1.165) is 12.1 Å². The van der Waals surface area contributed by atoms with E-state index in [4.69, 9.17) is 0 Å². The van der Waals surface area contributed by atoms with Crippen molar-refractivity contribution in [1.29, 1.82) is 0 Å². The van der Waals surface area contributed by atoms with Crippen LogP contribution in [0.1, 0.15) is 15.9 Å². The highest BCUT2D eigenvalue weighted by Crippen LogP contribution is 2.34. The lowest BCUT2D eigenvalue weighted by atomic mass is 10.1. The maximum Gasteiger partial charge on any atom is 0.416 e. The molecule has 3 nitrogen and oxygen atoms in total. The normalized spacial score (nSPS) is 11.4. The molecule has 0 saturated heterocycles. The van der Waals surface area contributed by atoms with Crippen molar-refractivity contribution in [2.24, 2.45) is 0 Å². The average Bonchev–Trinajstić information content (AvgIpc) is 2.69. The molecule has 0 fully saturated rings. The molecule has 2 N–H and O–H groups in total. The van der Waals surface area contributed by atoms with Crippen LogP contribution in [0.3, 0.4) is 0 Å². The molecule has 0 aliphatic rings. The van der Waals surface area contributed by atoms with Gasteiger partial charge in [0.1, 0.15) is 0 Å². The van der Waals surface area contributed by atoms with E-state index in [0.29, 0.717) is 28.0 Å². The van der Waals surface area contributed by atoms with Gasteiger partial charge in [0, 0.05) is 10.6 Å². The summed E-state index contributed by atoms with van der Waals surface area (Å²) in [5.74, 6) is -3.26. The topological polar surface area (TPSA) is 41.1 Å². The average molecular weight is 438 g/mol. The van der Waals surface area contributed by atoms with Crippen molar-refractivity contribution in [3.05, 3.63) is 83.9 Å². The van der Waals surface area contributed by atoms with E-state index in [2.05, 4.69) is 10.6 Å². The van der Waals surface area contributed by atoms with E-state index in [9.17, 15) is 26.7 Å². The number of halogens is 5. The fourth-order valence-electron chi connectivity index (χ4n) is 2.68. The van der Waals surface area contributed by atoms with Crippen LogP contribution in [-0.4, -0.2) is 11.7 Å². The number of amides is 1. The van der Waals surface area contributed by atoms with Crippen LogP contribution in [0.4, 0.5) is 39.0 Å². The van der Waals surface area contributed by atoms with Crippen LogP contribution in [0.15, 0.2) is 77.7 Å². The quantitative estimate of drug-likeness (QED) is 0.321. The van der Waals surface area contributed by atoms with Gasteiger partial charge in [0.05, 0.1) is 22.5 Å². The fourth-order valence-corrected chi connectivity index (χ4v) is 3.27. The van der Waals surface area contributed by atoms with Gasteiger partial charge in [-0.05, 0) is 42.5 Å². The van der Waals surface area contributed by atoms with Crippen molar-refractivity contribution in [3.8, 4) is 0 Å². The van der Waals surface area contributed by atoms with Gasteiger partial charge in [-0.25, -0.2) is 0 Å². The zero-order chi connectivity index (χ0) is 21.7. The van der Waals surface area contributed by atoms with Gasteiger partial charge >= 0.3 is 6.18 Å². The fraction of sp³-hybridized carbons (Fsp3) is 0.0952. The van der Waals surface area contributed by atoms with Crippen molar-refractivity contribution in [2.75, 3.05) is 10.6 Å². The summed E-state index contributed by atoms with van der Waals surface area (Å²) in [7, 11) is 0. The van der Waals surface area contributed by atoms with Crippen LogP contribution >= 0.6 is 11.8 Å². The molecule has 156 valence electrons. The van der Waals surface area contributed by atoms with Gasteiger partial charge < -0.3 is 10.6 Å². The molecule has 0 heterocycles. The number of hydrogen-bond acceptors (Lipinski definition) is 3. The molecule has 0 aliphatic heterocycles. The van der Waals surface area contributed by atoms with Crippen LogP contribution in [-0.2, 0) is 6.18 Å². The Morgan fingerprint density at radius 2 is 1.53 bits per heavy atom. The first kappa shape index (κ1) is 21.6. The van der Waals surface area contributed by atoms with Gasteiger partial charge in [-0.2, -0.15) is 22.0 Å². The zero-order valence-corrected chi connectivity index (χ0v) is 16.0. The zero-order valence-electron chi connectivity index (χ0n) is 15.2. The van der Waals surface area contributed by atoms with Crippen molar-refractivity contribution >= 4 is 34.7 Å². The highest BCUT2D eigenvalue weighted by atomic mass is 32.2. The standard InChI is InChI=1S/C21H15F5N2OS/c22-20(23)30-18-11-4-3-10-17(18)28-16-9-2-1-8-15(16)19(29)27-14-7-5-6-13(12-14)21(24,25)26/h1-12,20,28H,(H,27,29). The highest BCUT2D eigenvalue weighted by molar-refractivity contribution is 7.99. The van der Waals surface area contributed by atoms with E-state index in [1.54, 1.807) is 36.4 Å². The third kappa shape index (κ3) is 5.50. The molecule has 0 saturated carbocycles.